The summed E-state index contributed by atoms with van der Waals surface area (Å²) in [6.45, 7) is 3.18. The number of anilines is 1. The second-order valence-corrected chi connectivity index (χ2v) is 9.70. The highest BCUT2D eigenvalue weighted by atomic mass is 32.2. The number of halogens is 1. The van der Waals surface area contributed by atoms with E-state index in [0.717, 1.165) is 18.8 Å². The van der Waals surface area contributed by atoms with Crippen LogP contribution in [0, 0.1) is 5.82 Å². The van der Waals surface area contributed by atoms with E-state index < -0.39 is 15.8 Å². The van der Waals surface area contributed by atoms with Gasteiger partial charge in [0.2, 0.25) is 10.0 Å². The van der Waals surface area contributed by atoms with Crippen molar-refractivity contribution >= 4 is 21.6 Å². The Morgan fingerprint density at radius 2 is 1.59 bits per heavy atom. The van der Waals surface area contributed by atoms with Crippen LogP contribution in [0.5, 0.6) is 0 Å². The molecule has 9 heteroatoms. The molecular weight excluding hydrogens is 457 g/mol. The van der Waals surface area contributed by atoms with Crippen LogP contribution in [-0.2, 0) is 27.8 Å². The van der Waals surface area contributed by atoms with Crippen LogP contribution >= 0.6 is 0 Å². The normalized spacial score (nSPS) is 14.1. The summed E-state index contributed by atoms with van der Waals surface area (Å²) >= 11 is 0. The Hall–Kier alpha value is -3.27. The monoisotopic (exact) mass is 483 g/mol. The Labute approximate surface area is 198 Å². The predicted molar refractivity (Wildman–Crippen MR) is 128 cm³/mol. The molecule has 3 aromatic carbocycles. The molecule has 2 N–H and O–H groups in total. The number of hydrogen-bond acceptors (Lipinski definition) is 5. The molecule has 0 aliphatic carbocycles. The van der Waals surface area contributed by atoms with Crippen molar-refractivity contribution in [2.45, 2.75) is 18.0 Å². The Balaban J connectivity index is 1.35. The highest BCUT2D eigenvalue weighted by Crippen LogP contribution is 2.17. The first-order chi connectivity index (χ1) is 16.4. The number of ether oxygens (including phenoxy) is 1. The van der Waals surface area contributed by atoms with Crippen LogP contribution in [-0.4, -0.2) is 40.6 Å². The molecule has 1 saturated heterocycles. The summed E-state index contributed by atoms with van der Waals surface area (Å²) in [6.07, 6.45) is 0. The lowest BCUT2D eigenvalue weighted by Gasteiger charge is -2.28. The fourth-order valence-electron chi connectivity index (χ4n) is 3.66. The lowest BCUT2D eigenvalue weighted by Crippen LogP contribution is -2.36. The molecule has 0 radical (unpaired) electrons. The van der Waals surface area contributed by atoms with Crippen molar-refractivity contribution in [2.75, 3.05) is 31.2 Å². The van der Waals surface area contributed by atoms with Crippen LogP contribution in [0.25, 0.3) is 0 Å². The molecule has 0 saturated carbocycles. The standard InChI is InChI=1S/C25H26FN3O4S/c26-22-5-1-3-19(15-22)18-28-34(31,32)24-6-2-4-20(16-24)17-27-25(30)21-7-9-23(10-8-21)29-11-13-33-14-12-29/h1-10,15-16,28H,11-14,17-18H2,(H,27,30). The zero-order valence-electron chi connectivity index (χ0n) is 18.5. The van der Waals surface area contributed by atoms with Crippen molar-refractivity contribution in [1.82, 2.24) is 10.0 Å². The van der Waals surface area contributed by atoms with Crippen LogP contribution in [0.15, 0.2) is 77.7 Å². The Bertz CT molecular complexity index is 1240. The van der Waals surface area contributed by atoms with Gasteiger partial charge in [-0.05, 0) is 59.7 Å². The Morgan fingerprint density at radius 3 is 2.29 bits per heavy atom. The molecule has 0 atom stereocenters. The van der Waals surface area contributed by atoms with Crippen molar-refractivity contribution in [2.24, 2.45) is 0 Å². The number of nitrogens with zero attached hydrogens (tertiary/aromatic N) is 1. The van der Waals surface area contributed by atoms with Gasteiger partial charge in [-0.25, -0.2) is 17.5 Å². The highest BCUT2D eigenvalue weighted by Gasteiger charge is 2.15. The molecule has 0 aromatic heterocycles. The van der Waals surface area contributed by atoms with Crippen LogP contribution in [0.4, 0.5) is 10.1 Å². The van der Waals surface area contributed by atoms with Crippen LogP contribution in [0.3, 0.4) is 0 Å². The molecule has 1 aliphatic heterocycles. The van der Waals surface area contributed by atoms with Crippen LogP contribution in [0.1, 0.15) is 21.5 Å². The molecule has 4 rings (SSSR count). The Morgan fingerprint density at radius 1 is 0.912 bits per heavy atom. The number of morpholine rings is 1. The number of amides is 1. The van der Waals surface area contributed by atoms with E-state index >= 15 is 0 Å². The number of nitrogens with one attached hydrogen (secondary N) is 2. The van der Waals surface area contributed by atoms with Crippen molar-refractivity contribution in [3.8, 4) is 0 Å². The predicted octanol–water partition coefficient (Wildman–Crippen LogP) is 3.07. The zero-order valence-corrected chi connectivity index (χ0v) is 19.4. The largest absolute Gasteiger partial charge is 0.378 e. The maximum absolute atomic E-state index is 13.3. The van der Waals surface area contributed by atoms with Gasteiger partial charge in [0.15, 0.2) is 0 Å². The van der Waals surface area contributed by atoms with E-state index in [2.05, 4.69) is 14.9 Å². The van der Waals surface area contributed by atoms with Crippen LogP contribution < -0.4 is 14.9 Å². The van der Waals surface area contributed by atoms with E-state index in [1.54, 1.807) is 30.3 Å². The molecule has 0 bridgehead atoms. The van der Waals surface area contributed by atoms with Crippen molar-refractivity contribution in [1.29, 1.82) is 0 Å². The zero-order chi connectivity index (χ0) is 24.0. The summed E-state index contributed by atoms with van der Waals surface area (Å²) in [7, 11) is -3.80. The number of sulfonamides is 1. The van der Waals surface area contributed by atoms with E-state index in [0.29, 0.717) is 29.9 Å². The van der Waals surface area contributed by atoms with E-state index in [-0.39, 0.29) is 23.9 Å². The van der Waals surface area contributed by atoms with Gasteiger partial charge in [-0.2, -0.15) is 0 Å². The van der Waals surface area contributed by atoms with Crippen molar-refractivity contribution in [3.05, 3.63) is 95.3 Å². The Kier molecular flexibility index (Phi) is 7.56. The lowest BCUT2D eigenvalue weighted by atomic mass is 10.1. The number of carbonyl (C=O) groups excluding carboxylic acids is 1. The number of hydrogen-bond donors (Lipinski definition) is 2. The molecule has 0 unspecified atom stereocenters. The molecule has 7 nitrogen and oxygen atoms in total. The fraction of sp³-hybridized carbons (Fsp3) is 0.240. The molecule has 1 fully saturated rings. The lowest BCUT2D eigenvalue weighted by molar-refractivity contribution is 0.0951. The molecule has 3 aromatic rings. The first-order valence-electron chi connectivity index (χ1n) is 10.9. The highest BCUT2D eigenvalue weighted by molar-refractivity contribution is 7.89. The minimum absolute atomic E-state index is 0.0263. The third kappa shape index (κ3) is 6.19. The second kappa shape index (κ2) is 10.8. The maximum Gasteiger partial charge on any atom is 0.251 e. The van der Waals surface area contributed by atoms with Gasteiger partial charge in [-0.15, -0.1) is 0 Å². The first kappa shape index (κ1) is 23.9. The average Bonchev–Trinajstić information content (AvgIpc) is 2.87. The van der Waals surface area contributed by atoms with Gasteiger partial charge >= 0.3 is 0 Å². The minimum atomic E-state index is -3.80. The summed E-state index contributed by atoms with van der Waals surface area (Å²) in [5, 5.41) is 2.83. The molecule has 1 heterocycles. The van der Waals surface area contributed by atoms with E-state index in [1.807, 2.05) is 12.1 Å². The summed E-state index contributed by atoms with van der Waals surface area (Å²) < 4.78 is 46.5. The third-order valence-electron chi connectivity index (χ3n) is 5.52. The van der Waals surface area contributed by atoms with Gasteiger partial charge in [0, 0.05) is 37.4 Å². The summed E-state index contributed by atoms with van der Waals surface area (Å²) in [5.74, 6) is -0.670. The van der Waals surface area contributed by atoms with Crippen LogP contribution in [0.2, 0.25) is 0 Å². The SMILES string of the molecule is O=C(NCc1cccc(S(=O)(=O)NCc2cccc(F)c2)c1)c1ccc(N2CCOCC2)cc1. The topological polar surface area (TPSA) is 87.7 Å². The summed E-state index contributed by atoms with van der Waals surface area (Å²) in [4.78, 5) is 14.9. The van der Waals surface area contributed by atoms with Gasteiger partial charge in [-0.3, -0.25) is 4.79 Å². The summed E-state index contributed by atoms with van der Waals surface area (Å²) in [5.41, 5.74) is 2.74. The minimum Gasteiger partial charge on any atom is -0.378 e. The van der Waals surface area contributed by atoms with Gasteiger partial charge in [0.05, 0.1) is 18.1 Å². The van der Waals surface area contributed by atoms with Gasteiger partial charge in [-0.1, -0.05) is 24.3 Å². The second-order valence-electron chi connectivity index (χ2n) is 7.93. The van der Waals surface area contributed by atoms with E-state index in [9.17, 15) is 17.6 Å². The molecular formula is C25H26FN3O4S. The molecule has 178 valence electrons. The van der Waals surface area contributed by atoms with Crippen molar-refractivity contribution < 1.29 is 22.3 Å². The molecule has 1 aliphatic rings. The number of carbonyl (C=O) groups is 1. The quantitative estimate of drug-likeness (QED) is 0.514. The molecule has 0 spiro atoms. The molecule has 1 amide bonds. The molecule has 34 heavy (non-hydrogen) atoms. The fourth-order valence-corrected chi connectivity index (χ4v) is 4.75. The average molecular weight is 484 g/mol. The third-order valence-corrected chi connectivity index (χ3v) is 6.92. The van der Waals surface area contributed by atoms with E-state index in [1.165, 1.54) is 30.3 Å². The smallest absolute Gasteiger partial charge is 0.251 e. The summed E-state index contributed by atoms with van der Waals surface area (Å²) in [6, 6.07) is 19.5. The number of rotatable bonds is 8. The van der Waals surface area contributed by atoms with Gasteiger partial charge in [0.1, 0.15) is 5.82 Å². The number of benzene rings is 3. The first-order valence-corrected chi connectivity index (χ1v) is 12.4. The maximum atomic E-state index is 13.3. The van der Waals surface area contributed by atoms with Gasteiger partial charge in [0.25, 0.3) is 5.91 Å². The van der Waals surface area contributed by atoms with Crippen molar-refractivity contribution in [3.63, 3.8) is 0 Å². The van der Waals surface area contributed by atoms with E-state index in [4.69, 9.17) is 4.74 Å². The van der Waals surface area contributed by atoms with Gasteiger partial charge < -0.3 is 15.0 Å².